The second-order valence-corrected chi connectivity index (χ2v) is 4.33. The number of hydrazone groups is 1. The molecule has 0 atom stereocenters. The molecule has 0 saturated heterocycles. The molecule has 0 aromatic heterocycles. The lowest BCUT2D eigenvalue weighted by molar-refractivity contribution is -0.123. The number of nitrogens with zero attached hydrogens (tertiary/aromatic N) is 1. The number of carbonyl (C=O) groups excluding carboxylic acids is 1. The second kappa shape index (κ2) is 7.06. The molecule has 1 aromatic carbocycles. The smallest absolute Gasteiger partial charge is 0.277 e. The van der Waals surface area contributed by atoms with Crippen molar-refractivity contribution in [3.05, 3.63) is 28.2 Å². The first-order valence-electron chi connectivity index (χ1n) is 5.32. The summed E-state index contributed by atoms with van der Waals surface area (Å²) in [5.74, 6) is 0.368. The minimum absolute atomic E-state index is 0.0529. The number of rotatable bonds is 5. The molecular weight excluding hydrogens is 284 g/mol. The largest absolute Gasteiger partial charge is 0.483 e. The Hall–Kier alpha value is -1.36. The molecule has 0 aliphatic carbocycles. The van der Waals surface area contributed by atoms with Gasteiger partial charge in [-0.15, -0.1) is 0 Å². The molecule has 1 amide bonds. The van der Waals surface area contributed by atoms with Crippen molar-refractivity contribution < 1.29 is 9.53 Å². The lowest BCUT2D eigenvalue weighted by Gasteiger charge is -2.07. The summed E-state index contributed by atoms with van der Waals surface area (Å²) in [4.78, 5) is 11.3. The van der Waals surface area contributed by atoms with Gasteiger partial charge in [0.1, 0.15) is 5.75 Å². The van der Waals surface area contributed by atoms with Gasteiger partial charge < -0.3 is 4.74 Å². The molecule has 0 heterocycles. The first-order chi connectivity index (χ1) is 8.13. The highest BCUT2D eigenvalue weighted by Gasteiger charge is 2.04. The van der Waals surface area contributed by atoms with Crippen molar-refractivity contribution in [2.24, 2.45) is 5.10 Å². The summed E-state index contributed by atoms with van der Waals surface area (Å²) in [6.45, 7) is 3.87. The van der Waals surface area contributed by atoms with Crippen LogP contribution >= 0.6 is 15.9 Å². The third-order valence-electron chi connectivity index (χ3n) is 1.91. The van der Waals surface area contributed by atoms with Crippen molar-refractivity contribution >= 4 is 28.1 Å². The van der Waals surface area contributed by atoms with Gasteiger partial charge in [-0.2, -0.15) is 5.10 Å². The van der Waals surface area contributed by atoms with Crippen LogP contribution < -0.4 is 10.2 Å². The fourth-order valence-corrected chi connectivity index (χ4v) is 1.72. The first-order valence-corrected chi connectivity index (χ1v) is 6.12. The highest BCUT2D eigenvalue weighted by atomic mass is 79.9. The van der Waals surface area contributed by atoms with Gasteiger partial charge in [-0.25, -0.2) is 5.43 Å². The maximum absolute atomic E-state index is 11.3. The van der Waals surface area contributed by atoms with E-state index in [9.17, 15) is 4.79 Å². The van der Waals surface area contributed by atoms with Crippen LogP contribution in [0.5, 0.6) is 5.75 Å². The number of ether oxygens (including phenoxy) is 1. The molecule has 0 saturated carbocycles. The predicted molar refractivity (Wildman–Crippen MR) is 71.3 cm³/mol. The van der Waals surface area contributed by atoms with Gasteiger partial charge in [0.2, 0.25) is 0 Å². The topological polar surface area (TPSA) is 50.7 Å². The number of carbonyl (C=O) groups is 1. The van der Waals surface area contributed by atoms with Crippen molar-refractivity contribution in [1.82, 2.24) is 5.43 Å². The summed E-state index contributed by atoms with van der Waals surface area (Å²) in [5, 5.41) is 3.72. The van der Waals surface area contributed by atoms with Crippen LogP contribution in [0.3, 0.4) is 0 Å². The van der Waals surface area contributed by atoms with Gasteiger partial charge in [0.15, 0.2) is 6.61 Å². The number of amides is 1. The van der Waals surface area contributed by atoms with Crippen molar-refractivity contribution in [2.45, 2.75) is 20.3 Å². The third-order valence-corrected chi connectivity index (χ3v) is 2.53. The van der Waals surface area contributed by atoms with Gasteiger partial charge in [0, 0.05) is 6.21 Å². The summed E-state index contributed by atoms with van der Waals surface area (Å²) < 4.78 is 6.19. The fraction of sp³-hybridized carbons (Fsp3) is 0.333. The molecule has 0 aliphatic heterocycles. The molecule has 92 valence electrons. The van der Waals surface area contributed by atoms with Gasteiger partial charge in [-0.1, -0.05) is 13.0 Å². The Kier molecular flexibility index (Phi) is 5.69. The Balaban J connectivity index is 2.44. The fourth-order valence-electron chi connectivity index (χ4n) is 1.11. The van der Waals surface area contributed by atoms with E-state index in [2.05, 4.69) is 26.5 Å². The Bertz CT molecular complexity index is 419. The van der Waals surface area contributed by atoms with Crippen LogP contribution in [0.4, 0.5) is 0 Å². The monoisotopic (exact) mass is 298 g/mol. The number of hydrogen-bond acceptors (Lipinski definition) is 3. The average molecular weight is 299 g/mol. The summed E-state index contributed by atoms with van der Waals surface area (Å²) in [6.07, 6.45) is 2.41. The maximum atomic E-state index is 11.3. The van der Waals surface area contributed by atoms with Crippen LogP contribution in [-0.4, -0.2) is 18.7 Å². The second-order valence-electron chi connectivity index (χ2n) is 3.48. The molecule has 17 heavy (non-hydrogen) atoms. The quantitative estimate of drug-likeness (QED) is 0.671. The van der Waals surface area contributed by atoms with Crippen LogP contribution in [0, 0.1) is 6.92 Å². The molecular formula is C12H15BrN2O2. The number of benzene rings is 1. The Morgan fingerprint density at radius 1 is 1.59 bits per heavy atom. The molecule has 1 rings (SSSR count). The van der Waals surface area contributed by atoms with E-state index >= 15 is 0 Å². The van der Waals surface area contributed by atoms with Crippen LogP contribution in [-0.2, 0) is 4.79 Å². The van der Waals surface area contributed by atoms with Crippen LogP contribution in [0.2, 0.25) is 0 Å². The van der Waals surface area contributed by atoms with Crippen LogP contribution in [0.1, 0.15) is 18.9 Å². The van der Waals surface area contributed by atoms with E-state index in [4.69, 9.17) is 4.74 Å². The van der Waals surface area contributed by atoms with Crippen molar-refractivity contribution in [3.8, 4) is 5.75 Å². The molecule has 1 aromatic rings. The van der Waals surface area contributed by atoms with E-state index in [1.807, 2.05) is 32.0 Å². The van der Waals surface area contributed by atoms with E-state index in [1.165, 1.54) is 0 Å². The van der Waals surface area contributed by atoms with Crippen LogP contribution in [0.15, 0.2) is 27.8 Å². The summed E-state index contributed by atoms with van der Waals surface area (Å²) in [7, 11) is 0. The first kappa shape index (κ1) is 13.7. The summed E-state index contributed by atoms with van der Waals surface area (Å²) in [5.41, 5.74) is 3.50. The Morgan fingerprint density at radius 2 is 2.35 bits per heavy atom. The van der Waals surface area contributed by atoms with E-state index in [0.29, 0.717) is 5.75 Å². The molecule has 5 heteroatoms. The van der Waals surface area contributed by atoms with Gasteiger partial charge in [-0.3, -0.25) is 4.79 Å². The number of aryl methyl sites for hydroxylation is 1. The standard InChI is InChI=1S/C12H15BrN2O2/c1-3-6-14-15-12(16)8-17-11-5-4-9(2)7-10(11)13/h4-7H,3,8H2,1-2H3,(H,15,16)/b14-6+. The lowest BCUT2D eigenvalue weighted by Crippen LogP contribution is -2.24. The van der Waals surface area contributed by atoms with E-state index in [0.717, 1.165) is 16.5 Å². The normalized spacial score (nSPS) is 10.5. The van der Waals surface area contributed by atoms with Gasteiger partial charge >= 0.3 is 0 Å². The predicted octanol–water partition coefficient (Wildman–Crippen LogP) is 2.65. The van der Waals surface area contributed by atoms with Crippen molar-refractivity contribution in [2.75, 3.05) is 6.61 Å². The van der Waals surface area contributed by atoms with Gasteiger partial charge in [0.05, 0.1) is 4.47 Å². The SMILES string of the molecule is CC/C=N/NC(=O)COc1ccc(C)cc1Br. The van der Waals surface area contributed by atoms with Gasteiger partial charge in [0.25, 0.3) is 5.91 Å². The zero-order valence-corrected chi connectivity index (χ0v) is 11.5. The lowest BCUT2D eigenvalue weighted by atomic mass is 10.2. The molecule has 0 spiro atoms. The Labute approximate surface area is 109 Å². The minimum atomic E-state index is -0.276. The minimum Gasteiger partial charge on any atom is -0.483 e. The summed E-state index contributed by atoms with van der Waals surface area (Å²) in [6, 6.07) is 5.68. The maximum Gasteiger partial charge on any atom is 0.277 e. The highest BCUT2D eigenvalue weighted by Crippen LogP contribution is 2.25. The van der Waals surface area contributed by atoms with E-state index in [-0.39, 0.29) is 12.5 Å². The molecule has 0 aliphatic rings. The highest BCUT2D eigenvalue weighted by molar-refractivity contribution is 9.10. The third kappa shape index (κ3) is 4.99. The Morgan fingerprint density at radius 3 is 3.00 bits per heavy atom. The van der Waals surface area contributed by atoms with Gasteiger partial charge in [-0.05, 0) is 47.0 Å². The van der Waals surface area contributed by atoms with Crippen LogP contribution in [0.25, 0.3) is 0 Å². The molecule has 0 fully saturated rings. The van der Waals surface area contributed by atoms with Crippen molar-refractivity contribution in [1.29, 1.82) is 0 Å². The zero-order chi connectivity index (χ0) is 12.7. The number of hydrogen-bond donors (Lipinski definition) is 1. The van der Waals surface area contributed by atoms with E-state index in [1.54, 1.807) is 6.21 Å². The molecule has 0 unspecified atom stereocenters. The number of halogens is 1. The summed E-state index contributed by atoms with van der Waals surface area (Å²) >= 11 is 3.37. The van der Waals surface area contributed by atoms with E-state index < -0.39 is 0 Å². The molecule has 4 nitrogen and oxygen atoms in total. The average Bonchev–Trinajstić information content (AvgIpc) is 2.28. The number of nitrogens with one attached hydrogen (secondary N) is 1. The molecule has 0 radical (unpaired) electrons. The zero-order valence-electron chi connectivity index (χ0n) is 9.87. The molecule has 1 N–H and O–H groups in total. The molecule has 0 bridgehead atoms. The van der Waals surface area contributed by atoms with Crippen molar-refractivity contribution in [3.63, 3.8) is 0 Å².